The third-order valence-electron chi connectivity index (χ3n) is 8.82. The highest BCUT2D eigenvalue weighted by atomic mass is 15.1. The smallest absolute Gasteiger partial charge is 0.234 e. The zero-order valence-electron chi connectivity index (χ0n) is 27.5. The molecular formula is C37H73N2+. The van der Waals surface area contributed by atoms with Crippen molar-refractivity contribution >= 4 is 0 Å². The Labute approximate surface area is 247 Å². The first kappa shape index (κ1) is 36.2. The molecule has 0 unspecified atom stereocenters. The molecule has 2 nitrogen and oxygen atoms in total. The number of rotatable bonds is 31. The molecule has 0 aromatic carbocycles. The van der Waals surface area contributed by atoms with E-state index in [-0.39, 0.29) is 0 Å². The van der Waals surface area contributed by atoms with Crippen molar-refractivity contribution in [1.82, 2.24) is 4.57 Å². The lowest BCUT2D eigenvalue weighted by atomic mass is 10.0. The summed E-state index contributed by atoms with van der Waals surface area (Å²) < 4.78 is 5.15. The summed E-state index contributed by atoms with van der Waals surface area (Å²) in [5.74, 6) is 1.58. The number of imidazole rings is 1. The number of hydrogen-bond donors (Lipinski definition) is 0. The van der Waals surface area contributed by atoms with Gasteiger partial charge in [-0.3, -0.25) is 0 Å². The number of nitrogens with zero attached hydrogens (tertiary/aromatic N) is 2. The van der Waals surface area contributed by atoms with E-state index in [0.29, 0.717) is 0 Å². The Kier molecular flexibility index (Phi) is 26.7. The molecule has 0 fully saturated rings. The molecule has 0 spiro atoms. The highest BCUT2D eigenvalue weighted by Gasteiger charge is 2.15. The number of aromatic nitrogens is 2. The van der Waals surface area contributed by atoms with E-state index in [1.54, 1.807) is 5.82 Å². The summed E-state index contributed by atoms with van der Waals surface area (Å²) in [6.07, 6.45) is 46.1. The maximum Gasteiger partial charge on any atom is 0.256 e. The molecule has 1 rings (SSSR count). The third-order valence-corrected chi connectivity index (χ3v) is 8.82. The van der Waals surface area contributed by atoms with Gasteiger partial charge in [0.25, 0.3) is 5.82 Å². The normalized spacial score (nSPS) is 11.6. The summed E-state index contributed by atoms with van der Waals surface area (Å²) in [5.41, 5.74) is 0. The second-order valence-electron chi connectivity index (χ2n) is 12.7. The summed E-state index contributed by atoms with van der Waals surface area (Å²) in [5, 5.41) is 0. The van der Waals surface area contributed by atoms with E-state index in [0.717, 1.165) is 0 Å². The molecule has 39 heavy (non-hydrogen) atoms. The first-order valence-corrected chi connectivity index (χ1v) is 18.4. The van der Waals surface area contributed by atoms with E-state index in [9.17, 15) is 0 Å². The van der Waals surface area contributed by atoms with Gasteiger partial charge in [-0.1, -0.05) is 168 Å². The summed E-state index contributed by atoms with van der Waals surface area (Å²) >= 11 is 0. The molecule has 1 heterocycles. The third kappa shape index (κ3) is 21.6. The minimum Gasteiger partial charge on any atom is -0.234 e. The van der Waals surface area contributed by atoms with Gasteiger partial charge >= 0.3 is 0 Å². The Hall–Kier alpha value is -0.790. The molecular weight excluding hydrogens is 472 g/mol. The molecule has 0 saturated carbocycles. The Morgan fingerprint density at radius 3 is 1.18 bits per heavy atom. The SMILES string of the molecule is CCCCCCCCCCCCCCCC[n+]1ccn(CCCCCCCCCCCCCCC)c1CCC. The second kappa shape index (κ2) is 28.7. The molecule has 2 heteroatoms. The average molecular weight is 546 g/mol. The van der Waals surface area contributed by atoms with Crippen molar-refractivity contribution in [3.8, 4) is 0 Å². The van der Waals surface area contributed by atoms with Crippen LogP contribution in [-0.2, 0) is 19.5 Å². The molecule has 0 N–H and O–H groups in total. The fraction of sp³-hybridized carbons (Fsp3) is 0.919. The number of unbranched alkanes of at least 4 members (excludes halogenated alkanes) is 25. The lowest BCUT2D eigenvalue weighted by Crippen LogP contribution is -2.37. The topological polar surface area (TPSA) is 8.81 Å². The van der Waals surface area contributed by atoms with Crippen LogP contribution in [0, 0.1) is 0 Å². The molecule has 0 aliphatic rings. The van der Waals surface area contributed by atoms with E-state index in [2.05, 4.69) is 42.3 Å². The van der Waals surface area contributed by atoms with Gasteiger partial charge in [0.2, 0.25) is 0 Å². The Balaban J connectivity index is 2.02. The van der Waals surface area contributed by atoms with Gasteiger partial charge in [0.05, 0.1) is 13.1 Å². The van der Waals surface area contributed by atoms with Crippen LogP contribution in [0.3, 0.4) is 0 Å². The summed E-state index contributed by atoms with van der Waals surface area (Å²) in [7, 11) is 0. The van der Waals surface area contributed by atoms with Gasteiger partial charge in [-0.15, -0.1) is 0 Å². The Morgan fingerprint density at radius 2 is 0.795 bits per heavy atom. The van der Waals surface area contributed by atoms with Crippen LogP contribution < -0.4 is 4.57 Å². The van der Waals surface area contributed by atoms with Crippen molar-refractivity contribution in [2.75, 3.05) is 0 Å². The predicted octanol–water partition coefficient (Wildman–Crippen LogP) is 12.3. The van der Waals surface area contributed by atoms with E-state index in [4.69, 9.17) is 0 Å². The van der Waals surface area contributed by atoms with Crippen molar-refractivity contribution in [3.05, 3.63) is 18.2 Å². The molecule has 1 aromatic rings. The summed E-state index contributed by atoms with van der Waals surface area (Å²) in [6.45, 7) is 9.39. The van der Waals surface area contributed by atoms with E-state index < -0.39 is 0 Å². The highest BCUT2D eigenvalue weighted by Crippen LogP contribution is 2.15. The quantitative estimate of drug-likeness (QED) is 0.0648. The summed E-state index contributed by atoms with van der Waals surface area (Å²) in [6, 6.07) is 0. The molecule has 0 bridgehead atoms. The largest absolute Gasteiger partial charge is 0.256 e. The molecule has 230 valence electrons. The standard InChI is InChI=1S/C37H73N2/c1-4-7-9-11-13-15-17-19-21-23-25-27-29-31-34-39-36-35-38(37(39)32-6-3)33-30-28-26-24-22-20-18-16-14-12-10-8-5-2/h35-36H,4-34H2,1-3H3/q+1. The van der Waals surface area contributed by atoms with Crippen molar-refractivity contribution in [2.45, 2.75) is 220 Å². The van der Waals surface area contributed by atoms with Crippen LogP contribution in [0.5, 0.6) is 0 Å². The van der Waals surface area contributed by atoms with Gasteiger partial charge in [-0.25, -0.2) is 9.13 Å². The summed E-state index contributed by atoms with van der Waals surface area (Å²) in [4.78, 5) is 0. The van der Waals surface area contributed by atoms with Crippen LogP contribution in [0.1, 0.15) is 206 Å². The first-order chi connectivity index (χ1) is 19.3. The van der Waals surface area contributed by atoms with Crippen molar-refractivity contribution in [1.29, 1.82) is 0 Å². The zero-order valence-corrected chi connectivity index (χ0v) is 27.5. The van der Waals surface area contributed by atoms with Crippen LogP contribution in [0.2, 0.25) is 0 Å². The number of hydrogen-bond acceptors (Lipinski definition) is 0. The molecule has 0 atom stereocenters. The zero-order chi connectivity index (χ0) is 28.1. The predicted molar refractivity (Wildman–Crippen MR) is 175 cm³/mol. The fourth-order valence-electron chi connectivity index (χ4n) is 6.19. The van der Waals surface area contributed by atoms with Gasteiger partial charge in [-0.05, 0) is 32.1 Å². The molecule has 0 aliphatic carbocycles. The molecule has 0 radical (unpaired) electrons. The minimum absolute atomic E-state index is 1.22. The van der Waals surface area contributed by atoms with Crippen molar-refractivity contribution in [2.24, 2.45) is 0 Å². The van der Waals surface area contributed by atoms with Crippen LogP contribution in [0.4, 0.5) is 0 Å². The lowest BCUT2D eigenvalue weighted by Gasteiger charge is -2.06. The highest BCUT2D eigenvalue weighted by molar-refractivity contribution is 4.84. The molecule has 0 aliphatic heterocycles. The van der Waals surface area contributed by atoms with E-state index in [1.807, 2.05) is 0 Å². The lowest BCUT2D eigenvalue weighted by molar-refractivity contribution is -0.704. The van der Waals surface area contributed by atoms with Crippen LogP contribution in [0.25, 0.3) is 0 Å². The van der Waals surface area contributed by atoms with Gasteiger partial charge in [0.1, 0.15) is 12.4 Å². The second-order valence-corrected chi connectivity index (χ2v) is 12.7. The van der Waals surface area contributed by atoms with Gasteiger partial charge in [-0.2, -0.15) is 0 Å². The fourth-order valence-corrected chi connectivity index (χ4v) is 6.19. The van der Waals surface area contributed by atoms with E-state index in [1.165, 1.54) is 199 Å². The molecule has 0 saturated heterocycles. The van der Waals surface area contributed by atoms with Gasteiger partial charge < -0.3 is 0 Å². The average Bonchev–Trinajstić information content (AvgIpc) is 3.32. The molecule has 0 amide bonds. The Morgan fingerprint density at radius 1 is 0.436 bits per heavy atom. The monoisotopic (exact) mass is 546 g/mol. The maximum atomic E-state index is 2.58. The van der Waals surface area contributed by atoms with Crippen molar-refractivity contribution in [3.63, 3.8) is 0 Å². The Bertz CT molecular complexity index is 605. The molecule has 1 aromatic heterocycles. The van der Waals surface area contributed by atoms with Gasteiger partial charge in [0.15, 0.2) is 0 Å². The number of aryl methyl sites for hydroxylation is 2. The van der Waals surface area contributed by atoms with Gasteiger partial charge in [0, 0.05) is 6.42 Å². The maximum absolute atomic E-state index is 2.58. The van der Waals surface area contributed by atoms with E-state index >= 15 is 0 Å². The van der Waals surface area contributed by atoms with Crippen molar-refractivity contribution < 1.29 is 4.57 Å². The van der Waals surface area contributed by atoms with Crippen LogP contribution in [0.15, 0.2) is 12.4 Å². The minimum atomic E-state index is 1.22. The van der Waals surface area contributed by atoms with Crippen LogP contribution in [-0.4, -0.2) is 4.57 Å². The first-order valence-electron chi connectivity index (χ1n) is 18.4. The van der Waals surface area contributed by atoms with Crippen LogP contribution >= 0.6 is 0 Å².